The molecule has 2 unspecified atom stereocenters. The molecule has 104 valence electrons. The van der Waals surface area contributed by atoms with Gasteiger partial charge in [-0.1, -0.05) is 13.8 Å². The van der Waals surface area contributed by atoms with E-state index >= 15 is 0 Å². The first-order valence-corrected chi connectivity index (χ1v) is 6.66. The number of rotatable bonds is 6. The average molecular weight is 257 g/mol. The fourth-order valence-corrected chi connectivity index (χ4v) is 2.22. The molecule has 0 aromatic heterocycles. The molecule has 0 bridgehead atoms. The molecule has 5 heteroatoms. The van der Waals surface area contributed by atoms with Gasteiger partial charge in [0.15, 0.2) is 0 Å². The zero-order valence-electron chi connectivity index (χ0n) is 11.2. The summed E-state index contributed by atoms with van der Waals surface area (Å²) in [6.45, 7) is 5.61. The van der Waals surface area contributed by atoms with Gasteiger partial charge in [0.1, 0.15) is 6.04 Å². The van der Waals surface area contributed by atoms with E-state index in [9.17, 15) is 9.59 Å². The highest BCUT2D eigenvalue weighted by molar-refractivity contribution is 5.83. The molecule has 1 N–H and O–H groups in total. The molecule has 1 amide bonds. The molecule has 1 fully saturated rings. The minimum atomic E-state index is -0.899. The number of carbonyl (C=O) groups is 2. The Bertz CT molecular complexity index is 293. The molecule has 5 nitrogen and oxygen atoms in total. The lowest BCUT2D eigenvalue weighted by Crippen LogP contribution is -2.50. The first-order valence-electron chi connectivity index (χ1n) is 6.66. The van der Waals surface area contributed by atoms with Crippen molar-refractivity contribution in [2.75, 3.05) is 19.8 Å². The largest absolute Gasteiger partial charge is 0.480 e. The topological polar surface area (TPSA) is 66.8 Å². The van der Waals surface area contributed by atoms with Crippen molar-refractivity contribution in [3.63, 3.8) is 0 Å². The third-order valence-electron chi connectivity index (χ3n) is 3.28. The van der Waals surface area contributed by atoms with E-state index in [1.165, 1.54) is 4.90 Å². The molecule has 0 saturated carbocycles. The summed E-state index contributed by atoms with van der Waals surface area (Å²) in [4.78, 5) is 24.6. The third-order valence-corrected chi connectivity index (χ3v) is 3.28. The van der Waals surface area contributed by atoms with Crippen LogP contribution in [0.4, 0.5) is 0 Å². The van der Waals surface area contributed by atoms with Gasteiger partial charge in [-0.15, -0.1) is 0 Å². The van der Waals surface area contributed by atoms with Crippen molar-refractivity contribution in [1.29, 1.82) is 0 Å². The number of carbonyl (C=O) groups excluding carboxylic acids is 1. The molecule has 0 aliphatic carbocycles. The highest BCUT2D eigenvalue weighted by Gasteiger charge is 2.34. The Hall–Kier alpha value is -1.10. The number of nitrogens with zero attached hydrogens (tertiary/aromatic N) is 1. The lowest BCUT2D eigenvalue weighted by Gasteiger charge is -2.36. The summed E-state index contributed by atoms with van der Waals surface area (Å²) in [5, 5.41) is 9.16. The molecule has 1 aliphatic heterocycles. The quantitative estimate of drug-likeness (QED) is 0.732. The molecule has 1 aliphatic rings. The fraction of sp³-hybridized carbons (Fsp3) is 0.846. The van der Waals surface area contributed by atoms with Crippen LogP contribution in [0.2, 0.25) is 0 Å². The van der Waals surface area contributed by atoms with Crippen molar-refractivity contribution in [3.8, 4) is 0 Å². The molecule has 0 aromatic carbocycles. The molecule has 0 radical (unpaired) electrons. The summed E-state index contributed by atoms with van der Waals surface area (Å²) >= 11 is 0. The SMILES string of the molecule is CCCOCCC(=O)N1CCC(C)CC1C(=O)O. The maximum absolute atomic E-state index is 12.0. The van der Waals surface area contributed by atoms with Gasteiger partial charge in [0.05, 0.1) is 13.0 Å². The molecule has 0 spiro atoms. The average Bonchev–Trinajstić information content (AvgIpc) is 2.34. The predicted molar refractivity (Wildman–Crippen MR) is 67.3 cm³/mol. The van der Waals surface area contributed by atoms with Crippen LogP contribution in [-0.2, 0) is 14.3 Å². The van der Waals surface area contributed by atoms with E-state index in [2.05, 4.69) is 0 Å². The van der Waals surface area contributed by atoms with Crippen molar-refractivity contribution in [2.24, 2.45) is 5.92 Å². The molecule has 1 saturated heterocycles. The van der Waals surface area contributed by atoms with Crippen LogP contribution in [-0.4, -0.2) is 47.7 Å². The second-order valence-corrected chi connectivity index (χ2v) is 4.93. The smallest absolute Gasteiger partial charge is 0.326 e. The lowest BCUT2D eigenvalue weighted by atomic mass is 9.92. The summed E-state index contributed by atoms with van der Waals surface area (Å²) in [6.07, 6.45) is 2.63. The highest BCUT2D eigenvalue weighted by atomic mass is 16.5. The van der Waals surface area contributed by atoms with Gasteiger partial charge in [0.2, 0.25) is 5.91 Å². The number of hydrogen-bond donors (Lipinski definition) is 1. The van der Waals surface area contributed by atoms with Gasteiger partial charge < -0.3 is 14.7 Å². The number of hydrogen-bond acceptors (Lipinski definition) is 3. The Morgan fingerprint density at radius 1 is 1.39 bits per heavy atom. The maximum atomic E-state index is 12.0. The molecular formula is C13H23NO4. The van der Waals surface area contributed by atoms with Gasteiger partial charge >= 0.3 is 5.97 Å². The predicted octanol–water partition coefficient (Wildman–Crippen LogP) is 1.51. The van der Waals surface area contributed by atoms with Gasteiger partial charge in [-0.25, -0.2) is 4.79 Å². The van der Waals surface area contributed by atoms with Crippen LogP contribution < -0.4 is 0 Å². The molecule has 1 rings (SSSR count). The number of likely N-dealkylation sites (tertiary alicyclic amines) is 1. The van der Waals surface area contributed by atoms with Crippen molar-refractivity contribution >= 4 is 11.9 Å². The van der Waals surface area contributed by atoms with Gasteiger partial charge in [-0.05, 0) is 25.2 Å². The highest BCUT2D eigenvalue weighted by Crippen LogP contribution is 2.23. The summed E-state index contributed by atoms with van der Waals surface area (Å²) in [7, 11) is 0. The Morgan fingerprint density at radius 2 is 2.11 bits per heavy atom. The van der Waals surface area contributed by atoms with Crippen molar-refractivity contribution < 1.29 is 19.4 Å². The summed E-state index contributed by atoms with van der Waals surface area (Å²) in [6, 6.07) is -0.660. The monoisotopic (exact) mass is 257 g/mol. The minimum absolute atomic E-state index is 0.106. The van der Waals surface area contributed by atoms with Gasteiger partial charge in [-0.3, -0.25) is 4.79 Å². The molecular weight excluding hydrogens is 234 g/mol. The zero-order valence-corrected chi connectivity index (χ0v) is 11.2. The summed E-state index contributed by atoms with van der Waals surface area (Å²) < 4.78 is 5.27. The van der Waals surface area contributed by atoms with Crippen LogP contribution in [0.5, 0.6) is 0 Å². The number of carboxylic acids is 1. The zero-order chi connectivity index (χ0) is 13.5. The van der Waals surface area contributed by atoms with Crippen LogP contribution in [0.1, 0.15) is 39.5 Å². The van der Waals surface area contributed by atoms with Crippen LogP contribution >= 0.6 is 0 Å². The van der Waals surface area contributed by atoms with Gasteiger partial charge in [0.25, 0.3) is 0 Å². The van der Waals surface area contributed by atoms with E-state index in [1.54, 1.807) is 0 Å². The lowest BCUT2D eigenvalue weighted by molar-refractivity contribution is -0.153. The summed E-state index contributed by atoms with van der Waals surface area (Å²) in [5.41, 5.74) is 0. The van der Waals surface area contributed by atoms with Crippen molar-refractivity contribution in [2.45, 2.75) is 45.6 Å². The van der Waals surface area contributed by atoms with E-state index in [-0.39, 0.29) is 12.3 Å². The summed E-state index contributed by atoms with van der Waals surface area (Å²) in [5.74, 6) is -0.638. The van der Waals surface area contributed by atoms with Gasteiger partial charge in [-0.2, -0.15) is 0 Å². The van der Waals surface area contributed by atoms with E-state index in [1.807, 2.05) is 13.8 Å². The van der Waals surface area contributed by atoms with Crippen LogP contribution in [0.3, 0.4) is 0 Å². The maximum Gasteiger partial charge on any atom is 0.326 e. The normalized spacial score (nSPS) is 24.0. The molecule has 0 aromatic rings. The van der Waals surface area contributed by atoms with Crippen molar-refractivity contribution in [3.05, 3.63) is 0 Å². The van der Waals surface area contributed by atoms with Gasteiger partial charge in [0, 0.05) is 13.2 Å². The molecule has 1 heterocycles. The van der Waals surface area contributed by atoms with Crippen molar-refractivity contribution in [1.82, 2.24) is 4.90 Å². The van der Waals surface area contributed by atoms with Crippen LogP contribution in [0.15, 0.2) is 0 Å². The molecule has 18 heavy (non-hydrogen) atoms. The fourth-order valence-electron chi connectivity index (χ4n) is 2.22. The van der Waals surface area contributed by atoms with E-state index in [4.69, 9.17) is 9.84 Å². The number of piperidine rings is 1. The second kappa shape index (κ2) is 7.36. The first kappa shape index (κ1) is 15.0. The van der Waals surface area contributed by atoms with E-state index in [0.29, 0.717) is 32.1 Å². The Kier molecular flexibility index (Phi) is 6.12. The Labute approximate surface area is 108 Å². The Morgan fingerprint density at radius 3 is 2.72 bits per heavy atom. The number of carboxylic acid groups (broad SMARTS) is 1. The van der Waals surface area contributed by atoms with E-state index in [0.717, 1.165) is 12.8 Å². The number of aliphatic carboxylic acids is 1. The van der Waals surface area contributed by atoms with E-state index < -0.39 is 12.0 Å². The Balaban J connectivity index is 2.46. The number of ether oxygens (including phenoxy) is 1. The molecule has 2 atom stereocenters. The van der Waals surface area contributed by atoms with Crippen LogP contribution in [0, 0.1) is 5.92 Å². The van der Waals surface area contributed by atoms with Crippen LogP contribution in [0.25, 0.3) is 0 Å². The standard InChI is InChI=1S/C13H23NO4/c1-3-7-18-8-5-12(15)14-6-4-10(2)9-11(14)13(16)17/h10-11H,3-9H2,1-2H3,(H,16,17). The second-order valence-electron chi connectivity index (χ2n) is 4.93. The third kappa shape index (κ3) is 4.29. The number of amides is 1. The minimum Gasteiger partial charge on any atom is -0.480 e. The first-order chi connectivity index (χ1) is 8.56.